The second kappa shape index (κ2) is 8.21. The predicted molar refractivity (Wildman–Crippen MR) is 88.2 cm³/mol. The van der Waals surface area contributed by atoms with Crippen molar-refractivity contribution in [3.8, 4) is 11.5 Å². The van der Waals surface area contributed by atoms with E-state index in [4.69, 9.17) is 21.1 Å². The van der Waals surface area contributed by atoms with E-state index in [0.717, 1.165) is 5.56 Å². The molecule has 0 aliphatic rings. The van der Waals surface area contributed by atoms with E-state index >= 15 is 0 Å². The van der Waals surface area contributed by atoms with E-state index in [-0.39, 0.29) is 17.9 Å². The zero-order chi connectivity index (χ0) is 17.5. The molecule has 126 valence electrons. The van der Waals surface area contributed by atoms with Crippen molar-refractivity contribution in [2.24, 2.45) is 0 Å². The van der Waals surface area contributed by atoms with Crippen molar-refractivity contribution in [1.29, 1.82) is 0 Å². The normalized spacial score (nSPS) is 10.1. The van der Waals surface area contributed by atoms with Crippen LogP contribution in [0.3, 0.4) is 0 Å². The minimum atomic E-state index is -0.809. The molecular formula is C17H16ClNO5. The smallest absolute Gasteiger partial charge is 0.342 e. The van der Waals surface area contributed by atoms with Crippen LogP contribution in [0.25, 0.3) is 0 Å². The Morgan fingerprint density at radius 3 is 2.67 bits per heavy atom. The van der Waals surface area contributed by atoms with Crippen molar-refractivity contribution in [2.75, 3.05) is 13.7 Å². The highest BCUT2D eigenvalue weighted by atomic mass is 35.5. The number of carbonyl (C=O) groups excluding carboxylic acids is 2. The van der Waals surface area contributed by atoms with Gasteiger partial charge in [-0.15, -0.1) is 0 Å². The van der Waals surface area contributed by atoms with Gasteiger partial charge in [-0.1, -0.05) is 29.8 Å². The number of hydrogen-bond acceptors (Lipinski definition) is 5. The number of rotatable bonds is 6. The number of carbonyl (C=O) groups is 2. The summed E-state index contributed by atoms with van der Waals surface area (Å²) in [4.78, 5) is 23.6. The van der Waals surface area contributed by atoms with Gasteiger partial charge < -0.3 is 19.9 Å². The van der Waals surface area contributed by atoms with Crippen LogP contribution < -0.4 is 10.1 Å². The lowest BCUT2D eigenvalue weighted by Crippen LogP contribution is -2.28. The largest absolute Gasteiger partial charge is 0.507 e. The minimum Gasteiger partial charge on any atom is -0.507 e. The number of phenols is 1. The van der Waals surface area contributed by atoms with Crippen LogP contribution in [0.15, 0.2) is 42.5 Å². The Bertz CT molecular complexity index is 748. The Kier molecular flexibility index (Phi) is 6.03. The maximum atomic E-state index is 11.8. The van der Waals surface area contributed by atoms with Gasteiger partial charge in [-0.2, -0.15) is 0 Å². The van der Waals surface area contributed by atoms with Crippen LogP contribution in [-0.4, -0.2) is 30.7 Å². The highest BCUT2D eigenvalue weighted by Crippen LogP contribution is 2.22. The molecule has 2 aromatic rings. The maximum absolute atomic E-state index is 11.8. The average molecular weight is 350 g/mol. The average Bonchev–Trinajstić information content (AvgIpc) is 2.58. The Hall–Kier alpha value is -2.73. The molecule has 2 rings (SSSR count). The molecule has 0 aromatic heterocycles. The Labute approximate surface area is 144 Å². The standard InChI is InChI=1S/C17H16ClNO5/c1-23-15-5-3-2-4-11(15)9-19-16(21)10-24-17(22)13-7-6-12(18)8-14(13)20/h2-8,20H,9-10H2,1H3,(H,19,21). The first-order chi connectivity index (χ1) is 11.5. The van der Waals surface area contributed by atoms with Crippen molar-refractivity contribution in [1.82, 2.24) is 5.32 Å². The van der Waals surface area contributed by atoms with Crippen molar-refractivity contribution in [3.05, 3.63) is 58.6 Å². The molecule has 0 aliphatic carbocycles. The van der Waals surface area contributed by atoms with E-state index in [1.54, 1.807) is 13.2 Å². The molecule has 1 amide bonds. The fourth-order valence-corrected chi connectivity index (χ4v) is 2.15. The number of halogens is 1. The first-order valence-electron chi connectivity index (χ1n) is 7.05. The van der Waals surface area contributed by atoms with Crippen molar-refractivity contribution >= 4 is 23.5 Å². The summed E-state index contributed by atoms with van der Waals surface area (Å²) >= 11 is 5.69. The highest BCUT2D eigenvalue weighted by Gasteiger charge is 2.14. The van der Waals surface area contributed by atoms with E-state index in [2.05, 4.69) is 5.32 Å². The van der Waals surface area contributed by atoms with Gasteiger partial charge in [-0.05, 0) is 24.3 Å². The lowest BCUT2D eigenvalue weighted by molar-refractivity contribution is -0.124. The van der Waals surface area contributed by atoms with Gasteiger partial charge in [0.15, 0.2) is 6.61 Å². The molecule has 24 heavy (non-hydrogen) atoms. The van der Waals surface area contributed by atoms with Gasteiger partial charge >= 0.3 is 5.97 Å². The summed E-state index contributed by atoms with van der Waals surface area (Å²) in [6.45, 7) is -0.220. The zero-order valence-electron chi connectivity index (χ0n) is 12.9. The van der Waals surface area contributed by atoms with Crippen molar-refractivity contribution in [2.45, 2.75) is 6.54 Å². The Morgan fingerprint density at radius 2 is 1.96 bits per heavy atom. The summed E-state index contributed by atoms with van der Waals surface area (Å²) < 4.78 is 10.1. The first-order valence-corrected chi connectivity index (χ1v) is 7.43. The number of benzene rings is 2. The zero-order valence-corrected chi connectivity index (χ0v) is 13.7. The van der Waals surface area contributed by atoms with Crippen LogP contribution in [0.4, 0.5) is 0 Å². The van der Waals surface area contributed by atoms with Gasteiger partial charge in [0.2, 0.25) is 0 Å². The Morgan fingerprint density at radius 1 is 1.21 bits per heavy atom. The molecule has 0 saturated heterocycles. The van der Waals surface area contributed by atoms with Crippen molar-refractivity contribution in [3.63, 3.8) is 0 Å². The Balaban J connectivity index is 1.85. The van der Waals surface area contributed by atoms with Gasteiger partial charge in [0.1, 0.15) is 17.1 Å². The van der Waals surface area contributed by atoms with E-state index in [0.29, 0.717) is 10.8 Å². The number of ether oxygens (including phenoxy) is 2. The second-order valence-electron chi connectivity index (χ2n) is 4.83. The first kappa shape index (κ1) is 17.6. The molecule has 0 radical (unpaired) electrons. The minimum absolute atomic E-state index is 0.0584. The molecular weight excluding hydrogens is 334 g/mol. The summed E-state index contributed by atoms with van der Waals surface area (Å²) in [6, 6.07) is 11.2. The van der Waals surface area contributed by atoms with Gasteiger partial charge in [0.05, 0.1) is 7.11 Å². The van der Waals surface area contributed by atoms with Crippen LogP contribution in [0.1, 0.15) is 15.9 Å². The number of nitrogens with one attached hydrogen (secondary N) is 1. The van der Waals surface area contributed by atoms with Gasteiger partial charge in [0, 0.05) is 17.1 Å². The molecule has 0 bridgehead atoms. The number of phenolic OH excluding ortho intramolecular Hbond substituents is 1. The molecule has 6 nitrogen and oxygen atoms in total. The second-order valence-corrected chi connectivity index (χ2v) is 5.26. The highest BCUT2D eigenvalue weighted by molar-refractivity contribution is 6.30. The summed E-state index contributed by atoms with van der Waals surface area (Å²) in [6.07, 6.45) is 0. The third-order valence-corrected chi connectivity index (χ3v) is 3.42. The molecule has 0 saturated carbocycles. The van der Waals surface area contributed by atoms with Crippen LogP contribution >= 0.6 is 11.6 Å². The lowest BCUT2D eigenvalue weighted by Gasteiger charge is -2.10. The quantitative estimate of drug-likeness (QED) is 0.783. The molecule has 0 heterocycles. The molecule has 7 heteroatoms. The van der Waals surface area contributed by atoms with E-state index in [1.165, 1.54) is 18.2 Å². The topological polar surface area (TPSA) is 84.9 Å². The monoisotopic (exact) mass is 349 g/mol. The summed E-state index contributed by atoms with van der Waals surface area (Å²) in [5.41, 5.74) is 0.743. The van der Waals surface area contributed by atoms with Gasteiger partial charge in [-0.3, -0.25) is 4.79 Å². The number of amides is 1. The third-order valence-electron chi connectivity index (χ3n) is 3.18. The maximum Gasteiger partial charge on any atom is 0.342 e. The van der Waals surface area contributed by atoms with Crippen LogP contribution in [-0.2, 0) is 16.1 Å². The molecule has 0 aliphatic heterocycles. The van der Waals surface area contributed by atoms with Gasteiger partial charge in [-0.25, -0.2) is 4.79 Å². The molecule has 0 fully saturated rings. The number of esters is 1. The number of hydrogen-bond donors (Lipinski definition) is 2. The van der Waals surface area contributed by atoms with E-state index in [1.807, 2.05) is 18.2 Å². The molecule has 2 N–H and O–H groups in total. The fourth-order valence-electron chi connectivity index (χ4n) is 1.98. The van der Waals surface area contributed by atoms with Crippen LogP contribution in [0.5, 0.6) is 11.5 Å². The number of para-hydroxylation sites is 1. The lowest BCUT2D eigenvalue weighted by atomic mass is 10.2. The third kappa shape index (κ3) is 4.63. The number of methoxy groups -OCH3 is 1. The van der Waals surface area contributed by atoms with E-state index < -0.39 is 18.5 Å². The summed E-state index contributed by atoms with van der Waals surface area (Å²) in [7, 11) is 1.54. The van der Waals surface area contributed by atoms with Crippen LogP contribution in [0.2, 0.25) is 5.02 Å². The summed E-state index contributed by atoms with van der Waals surface area (Å²) in [5.74, 6) is -0.929. The molecule has 0 unspecified atom stereocenters. The van der Waals surface area contributed by atoms with Crippen molar-refractivity contribution < 1.29 is 24.2 Å². The van der Waals surface area contributed by atoms with Gasteiger partial charge in [0.25, 0.3) is 5.91 Å². The van der Waals surface area contributed by atoms with E-state index in [9.17, 15) is 14.7 Å². The molecule has 0 spiro atoms. The number of aromatic hydroxyl groups is 1. The summed E-state index contributed by atoms with van der Waals surface area (Å²) in [5, 5.41) is 12.6. The SMILES string of the molecule is COc1ccccc1CNC(=O)COC(=O)c1ccc(Cl)cc1O. The molecule has 2 aromatic carbocycles. The molecule has 0 atom stereocenters. The van der Waals surface area contributed by atoms with Crippen LogP contribution in [0, 0.1) is 0 Å². The predicted octanol–water partition coefficient (Wildman–Crippen LogP) is 2.53. The fraction of sp³-hybridized carbons (Fsp3) is 0.176.